The van der Waals surface area contributed by atoms with Gasteiger partial charge in [0.15, 0.2) is 6.04 Å². The second-order valence-corrected chi connectivity index (χ2v) is 13.3. The fourth-order valence-corrected chi connectivity index (χ4v) is 7.57. The Morgan fingerprint density at radius 2 is 1.45 bits per heavy atom. The first kappa shape index (κ1) is 30.7. The van der Waals surface area contributed by atoms with Crippen LogP contribution < -0.4 is 15.2 Å². The number of benzene rings is 2. The lowest BCUT2D eigenvalue weighted by atomic mass is 9.94. The molecule has 1 amide bonds. The zero-order chi connectivity index (χ0) is 30.3. The van der Waals surface area contributed by atoms with Crippen molar-refractivity contribution in [3.63, 3.8) is 0 Å². The van der Waals surface area contributed by atoms with Gasteiger partial charge in [0.25, 0.3) is 5.92 Å². The molecule has 0 spiro atoms. The van der Waals surface area contributed by atoms with Gasteiger partial charge in [-0.05, 0) is 80.8 Å². The largest absolute Gasteiger partial charge is 0.493 e. The fourth-order valence-electron chi connectivity index (χ4n) is 6.38. The molecule has 42 heavy (non-hydrogen) atoms. The van der Waals surface area contributed by atoms with Crippen LogP contribution in [0.3, 0.4) is 0 Å². The van der Waals surface area contributed by atoms with Crippen LogP contribution in [-0.2, 0) is 26.9 Å². The van der Waals surface area contributed by atoms with Gasteiger partial charge < -0.3 is 15.4 Å². The number of piperidine rings is 1. The standard InChI is InChI=1S/C29H34F5N3O4S/c30-28(31,19-5-7-20(8-6-19)29(32,33)34)26(27(38)37-22-9-10-23(37)16-21(35)15-22)36-42(39,40)25-13-11-24(12-14-25)41-17-18-3-1-2-4-18/h5-8,11-14,18,21-23,26,36H,1-4,9-10,15-17,35H2/t21?,22?,23?,26-/m0/s1. The van der Waals surface area contributed by atoms with E-state index in [1.165, 1.54) is 29.2 Å². The SMILES string of the molecule is NC1CC2CCC(C1)N2C(=O)[C@H](NS(=O)(=O)c1ccc(OCC2CCCC2)cc1)C(F)(F)c1ccc(C(F)(F)F)cc1. The highest BCUT2D eigenvalue weighted by molar-refractivity contribution is 7.89. The minimum atomic E-state index is -4.76. The third kappa shape index (κ3) is 6.42. The van der Waals surface area contributed by atoms with Crippen LogP contribution >= 0.6 is 0 Å². The maximum atomic E-state index is 16.1. The number of carbonyl (C=O) groups is 1. The molecule has 2 aliphatic heterocycles. The zero-order valence-electron chi connectivity index (χ0n) is 22.8. The van der Waals surface area contributed by atoms with Gasteiger partial charge in [-0.15, -0.1) is 0 Å². The number of nitrogens with one attached hydrogen (secondary N) is 1. The molecule has 2 aromatic rings. The van der Waals surface area contributed by atoms with Gasteiger partial charge in [-0.25, -0.2) is 8.42 Å². The molecule has 3 atom stereocenters. The maximum Gasteiger partial charge on any atom is 0.416 e. The molecular weight excluding hydrogens is 581 g/mol. The summed E-state index contributed by atoms with van der Waals surface area (Å²) in [6.45, 7) is 0.488. The molecule has 2 bridgehead atoms. The van der Waals surface area contributed by atoms with Gasteiger partial charge in [-0.1, -0.05) is 25.0 Å². The predicted molar refractivity (Wildman–Crippen MR) is 144 cm³/mol. The molecule has 2 saturated heterocycles. The highest BCUT2D eigenvalue weighted by atomic mass is 32.2. The van der Waals surface area contributed by atoms with Crippen molar-refractivity contribution >= 4 is 15.9 Å². The second kappa shape index (κ2) is 11.7. The lowest BCUT2D eigenvalue weighted by Crippen LogP contribution is -2.60. The molecule has 2 aromatic carbocycles. The van der Waals surface area contributed by atoms with E-state index < -0.39 is 57.3 Å². The van der Waals surface area contributed by atoms with Crippen molar-refractivity contribution in [2.24, 2.45) is 11.7 Å². The van der Waals surface area contributed by atoms with Crippen LogP contribution in [0.4, 0.5) is 22.0 Å². The molecule has 3 fully saturated rings. The summed E-state index contributed by atoms with van der Waals surface area (Å²) in [6.07, 6.45) is 1.48. The fraction of sp³-hybridized carbons (Fsp3) is 0.552. The van der Waals surface area contributed by atoms with E-state index in [4.69, 9.17) is 10.5 Å². The molecule has 2 heterocycles. The number of amides is 1. The van der Waals surface area contributed by atoms with Crippen molar-refractivity contribution in [3.05, 3.63) is 59.7 Å². The van der Waals surface area contributed by atoms with E-state index in [2.05, 4.69) is 0 Å². The molecule has 0 aromatic heterocycles. The summed E-state index contributed by atoms with van der Waals surface area (Å²) in [5.41, 5.74) is 4.00. The quantitative estimate of drug-likeness (QED) is 0.378. The van der Waals surface area contributed by atoms with Crippen molar-refractivity contribution in [2.75, 3.05) is 6.61 Å². The van der Waals surface area contributed by atoms with Crippen LogP contribution in [0.15, 0.2) is 53.4 Å². The Morgan fingerprint density at radius 3 is 2.00 bits per heavy atom. The molecule has 1 aliphatic carbocycles. The van der Waals surface area contributed by atoms with Crippen LogP contribution in [0.25, 0.3) is 0 Å². The van der Waals surface area contributed by atoms with E-state index in [1.54, 1.807) is 0 Å². The molecular formula is C29H34F5N3O4S. The number of hydrogen-bond acceptors (Lipinski definition) is 5. The average Bonchev–Trinajstić information content (AvgIpc) is 3.56. The predicted octanol–water partition coefficient (Wildman–Crippen LogP) is 5.19. The summed E-state index contributed by atoms with van der Waals surface area (Å²) < 4.78 is 106. The number of fused-ring (bicyclic) bond motifs is 2. The van der Waals surface area contributed by atoms with Crippen molar-refractivity contribution in [3.8, 4) is 5.75 Å². The third-order valence-corrected chi connectivity index (χ3v) is 10.0. The van der Waals surface area contributed by atoms with Crippen molar-refractivity contribution in [1.29, 1.82) is 0 Å². The number of alkyl halides is 5. The van der Waals surface area contributed by atoms with Gasteiger partial charge in [0.2, 0.25) is 15.9 Å². The van der Waals surface area contributed by atoms with Crippen molar-refractivity contribution < 1.29 is 39.9 Å². The van der Waals surface area contributed by atoms with E-state index >= 15 is 8.78 Å². The van der Waals surface area contributed by atoms with Crippen molar-refractivity contribution in [2.45, 2.75) is 92.5 Å². The Balaban J connectivity index is 1.42. The molecule has 2 unspecified atom stereocenters. The number of nitrogens with zero attached hydrogens (tertiary/aromatic N) is 1. The summed E-state index contributed by atoms with van der Waals surface area (Å²) in [5.74, 6) is -4.48. The van der Waals surface area contributed by atoms with Gasteiger partial charge in [-0.3, -0.25) is 4.79 Å². The minimum Gasteiger partial charge on any atom is -0.493 e. The molecule has 13 heteroatoms. The third-order valence-electron chi connectivity index (χ3n) is 8.60. The average molecular weight is 616 g/mol. The summed E-state index contributed by atoms with van der Waals surface area (Å²) in [7, 11) is -4.68. The van der Waals surface area contributed by atoms with E-state index in [1.807, 2.05) is 4.72 Å². The Bertz CT molecular complexity index is 1350. The maximum absolute atomic E-state index is 16.1. The first-order valence-electron chi connectivity index (χ1n) is 14.1. The molecule has 5 rings (SSSR count). The summed E-state index contributed by atoms with van der Waals surface area (Å²) >= 11 is 0. The second-order valence-electron chi connectivity index (χ2n) is 11.5. The molecule has 7 nitrogen and oxygen atoms in total. The first-order valence-corrected chi connectivity index (χ1v) is 15.6. The zero-order valence-corrected chi connectivity index (χ0v) is 23.6. The van der Waals surface area contributed by atoms with Crippen molar-refractivity contribution in [1.82, 2.24) is 9.62 Å². The van der Waals surface area contributed by atoms with Crippen LogP contribution in [0.1, 0.15) is 62.5 Å². The van der Waals surface area contributed by atoms with E-state index in [0.717, 1.165) is 25.7 Å². The Hall–Kier alpha value is -2.77. The summed E-state index contributed by atoms with van der Waals surface area (Å²) in [6, 6.07) is 3.64. The Morgan fingerprint density at radius 1 is 0.905 bits per heavy atom. The highest BCUT2D eigenvalue weighted by Crippen LogP contribution is 2.40. The molecule has 3 N–H and O–H groups in total. The normalized spacial score (nSPS) is 24.1. The van der Waals surface area contributed by atoms with E-state index in [0.29, 0.717) is 68.2 Å². The molecule has 1 saturated carbocycles. The number of rotatable bonds is 9. The number of ether oxygens (including phenoxy) is 1. The Labute approximate surface area is 241 Å². The Kier molecular flexibility index (Phi) is 8.56. The van der Waals surface area contributed by atoms with Crippen LogP contribution in [0, 0.1) is 5.92 Å². The smallest absolute Gasteiger partial charge is 0.416 e. The van der Waals surface area contributed by atoms with Gasteiger partial charge in [-0.2, -0.15) is 26.7 Å². The van der Waals surface area contributed by atoms with E-state index in [-0.39, 0.29) is 10.9 Å². The number of carbonyl (C=O) groups excluding carboxylic acids is 1. The lowest BCUT2D eigenvalue weighted by molar-refractivity contribution is -0.149. The van der Waals surface area contributed by atoms with Crippen LogP contribution in [0.2, 0.25) is 0 Å². The lowest BCUT2D eigenvalue weighted by Gasteiger charge is -2.41. The number of halogens is 5. The summed E-state index contributed by atoms with van der Waals surface area (Å²) in [5, 5.41) is 0. The summed E-state index contributed by atoms with van der Waals surface area (Å²) in [4.78, 5) is 14.7. The van der Waals surface area contributed by atoms with Crippen LogP contribution in [0.5, 0.6) is 5.75 Å². The van der Waals surface area contributed by atoms with Gasteiger partial charge in [0.1, 0.15) is 5.75 Å². The minimum absolute atomic E-state index is 0.216. The van der Waals surface area contributed by atoms with Gasteiger partial charge in [0.05, 0.1) is 17.1 Å². The number of sulfonamides is 1. The van der Waals surface area contributed by atoms with E-state index in [9.17, 15) is 26.4 Å². The van der Waals surface area contributed by atoms with Gasteiger partial charge in [0, 0.05) is 23.7 Å². The topological polar surface area (TPSA) is 102 Å². The van der Waals surface area contributed by atoms with Gasteiger partial charge >= 0.3 is 6.18 Å². The molecule has 3 aliphatic rings. The highest BCUT2D eigenvalue weighted by Gasteiger charge is 2.53. The van der Waals surface area contributed by atoms with Crippen LogP contribution in [-0.4, -0.2) is 50.0 Å². The first-order chi connectivity index (χ1) is 19.8. The molecule has 0 radical (unpaired) electrons. The monoisotopic (exact) mass is 615 g/mol. The molecule has 230 valence electrons. The number of hydrogen-bond donors (Lipinski definition) is 2. The number of nitrogens with two attached hydrogens (primary N) is 1.